The summed E-state index contributed by atoms with van der Waals surface area (Å²) in [6.45, 7) is 10.0. The molecule has 0 aliphatic heterocycles. The molecular weight excluding hydrogens is 292 g/mol. The normalized spacial score (nSPS) is 10.3. The highest BCUT2D eigenvalue weighted by Crippen LogP contribution is 2.33. The van der Waals surface area contributed by atoms with E-state index < -0.39 is 0 Å². The number of rotatable bonds is 10. The molecule has 130 valence electrons. The molecule has 0 aliphatic carbocycles. The molecule has 0 saturated heterocycles. The average molecular weight is 322 g/mol. The molecule has 5 nitrogen and oxygen atoms in total. The summed E-state index contributed by atoms with van der Waals surface area (Å²) in [7, 11) is 3.12. The van der Waals surface area contributed by atoms with Gasteiger partial charge in [-0.1, -0.05) is 0 Å². The summed E-state index contributed by atoms with van der Waals surface area (Å²) in [5.41, 5.74) is 2.36. The third-order valence-electron chi connectivity index (χ3n) is 4.05. The van der Waals surface area contributed by atoms with Gasteiger partial charge in [0.1, 0.15) is 5.75 Å². The van der Waals surface area contributed by atoms with Crippen LogP contribution in [-0.2, 0) is 9.53 Å². The Bertz CT molecular complexity index is 487. The minimum atomic E-state index is -0.157. The van der Waals surface area contributed by atoms with Gasteiger partial charge in [-0.05, 0) is 39.3 Å². The Hall–Kier alpha value is -1.91. The standard InChI is InChI=1S/C18H30N2O3/c1-6-19(7-2)16-12-11-15(22-4)14-17(16)20(8-3)13-9-10-18(21)23-5/h11-12,14H,6-10,13H2,1-5H3. The molecule has 1 rings (SSSR count). The van der Waals surface area contributed by atoms with Crippen molar-refractivity contribution in [3.8, 4) is 5.75 Å². The van der Waals surface area contributed by atoms with Gasteiger partial charge in [0.05, 0.1) is 25.6 Å². The van der Waals surface area contributed by atoms with Gasteiger partial charge in [-0.3, -0.25) is 4.79 Å². The summed E-state index contributed by atoms with van der Waals surface area (Å²) in [6.07, 6.45) is 1.22. The summed E-state index contributed by atoms with van der Waals surface area (Å²) >= 11 is 0. The van der Waals surface area contributed by atoms with Crippen LogP contribution in [0.4, 0.5) is 11.4 Å². The predicted octanol–water partition coefficient (Wildman–Crippen LogP) is 3.32. The van der Waals surface area contributed by atoms with Gasteiger partial charge in [0.15, 0.2) is 0 Å². The summed E-state index contributed by atoms with van der Waals surface area (Å²) < 4.78 is 10.1. The number of carbonyl (C=O) groups is 1. The van der Waals surface area contributed by atoms with E-state index in [0.29, 0.717) is 6.42 Å². The van der Waals surface area contributed by atoms with Gasteiger partial charge in [-0.15, -0.1) is 0 Å². The fourth-order valence-corrected chi connectivity index (χ4v) is 2.68. The van der Waals surface area contributed by atoms with Crippen LogP contribution >= 0.6 is 0 Å². The number of ether oxygens (including phenoxy) is 2. The maximum Gasteiger partial charge on any atom is 0.305 e. The largest absolute Gasteiger partial charge is 0.497 e. The van der Waals surface area contributed by atoms with Crippen molar-refractivity contribution in [1.29, 1.82) is 0 Å². The van der Waals surface area contributed by atoms with Crippen molar-refractivity contribution in [2.75, 3.05) is 50.2 Å². The molecule has 5 heteroatoms. The smallest absolute Gasteiger partial charge is 0.305 e. The van der Waals surface area contributed by atoms with Crippen molar-refractivity contribution in [2.24, 2.45) is 0 Å². The summed E-state index contributed by atoms with van der Waals surface area (Å²) in [6, 6.07) is 6.19. The summed E-state index contributed by atoms with van der Waals surface area (Å²) in [5.74, 6) is 0.693. The maximum atomic E-state index is 11.3. The average Bonchev–Trinajstić information content (AvgIpc) is 2.59. The molecule has 0 bridgehead atoms. The van der Waals surface area contributed by atoms with Crippen LogP contribution in [0.1, 0.15) is 33.6 Å². The van der Waals surface area contributed by atoms with Crippen molar-refractivity contribution < 1.29 is 14.3 Å². The van der Waals surface area contributed by atoms with Crippen LogP contribution in [0.3, 0.4) is 0 Å². The van der Waals surface area contributed by atoms with Gasteiger partial charge in [-0.25, -0.2) is 0 Å². The third-order valence-corrected chi connectivity index (χ3v) is 4.05. The summed E-state index contributed by atoms with van der Waals surface area (Å²) in [4.78, 5) is 15.9. The van der Waals surface area contributed by atoms with E-state index in [1.807, 2.05) is 6.07 Å². The lowest BCUT2D eigenvalue weighted by Gasteiger charge is -2.31. The molecule has 0 amide bonds. The van der Waals surface area contributed by atoms with Crippen molar-refractivity contribution in [1.82, 2.24) is 0 Å². The SMILES string of the molecule is CCN(CC)c1ccc(OC)cc1N(CC)CCCC(=O)OC. The number of carbonyl (C=O) groups excluding carboxylic acids is 1. The van der Waals surface area contributed by atoms with Crippen molar-refractivity contribution in [2.45, 2.75) is 33.6 Å². The maximum absolute atomic E-state index is 11.3. The molecule has 0 unspecified atom stereocenters. The number of methoxy groups -OCH3 is 2. The molecule has 0 atom stereocenters. The number of hydrogen-bond acceptors (Lipinski definition) is 5. The van der Waals surface area contributed by atoms with Gasteiger partial charge in [0, 0.05) is 38.7 Å². The lowest BCUT2D eigenvalue weighted by molar-refractivity contribution is -0.140. The van der Waals surface area contributed by atoms with Gasteiger partial charge < -0.3 is 19.3 Å². The monoisotopic (exact) mass is 322 g/mol. The van der Waals surface area contributed by atoms with E-state index in [1.165, 1.54) is 12.8 Å². The van der Waals surface area contributed by atoms with Gasteiger partial charge in [0.2, 0.25) is 0 Å². The van der Waals surface area contributed by atoms with Crippen molar-refractivity contribution >= 4 is 17.3 Å². The summed E-state index contributed by atoms with van der Waals surface area (Å²) in [5, 5.41) is 0. The van der Waals surface area contributed by atoms with Crippen LogP contribution in [0.25, 0.3) is 0 Å². The Kier molecular flexibility index (Phi) is 8.30. The fraction of sp³-hybridized carbons (Fsp3) is 0.611. The van der Waals surface area contributed by atoms with Crippen LogP contribution in [0.2, 0.25) is 0 Å². The molecule has 1 aromatic carbocycles. The number of hydrogen-bond donors (Lipinski definition) is 0. The van der Waals surface area contributed by atoms with Crippen LogP contribution in [-0.4, -0.2) is 46.4 Å². The zero-order valence-electron chi connectivity index (χ0n) is 15.1. The zero-order valence-corrected chi connectivity index (χ0v) is 15.1. The number of anilines is 2. The molecule has 0 saturated carbocycles. The molecule has 23 heavy (non-hydrogen) atoms. The first-order valence-electron chi connectivity index (χ1n) is 8.35. The van der Waals surface area contributed by atoms with Gasteiger partial charge >= 0.3 is 5.97 Å². The molecule has 0 N–H and O–H groups in total. The topological polar surface area (TPSA) is 42.0 Å². The third kappa shape index (κ3) is 5.34. The second-order valence-electron chi connectivity index (χ2n) is 5.29. The minimum Gasteiger partial charge on any atom is -0.497 e. The highest BCUT2D eigenvalue weighted by Gasteiger charge is 2.15. The lowest BCUT2D eigenvalue weighted by Crippen LogP contribution is -2.29. The minimum absolute atomic E-state index is 0.157. The van der Waals surface area contributed by atoms with E-state index in [-0.39, 0.29) is 5.97 Å². The quantitative estimate of drug-likeness (QED) is 0.618. The first-order valence-corrected chi connectivity index (χ1v) is 8.35. The van der Waals surface area contributed by atoms with E-state index in [2.05, 4.69) is 42.7 Å². The Labute approximate surface area is 140 Å². The first kappa shape index (κ1) is 19.1. The van der Waals surface area contributed by atoms with Crippen molar-refractivity contribution in [3.63, 3.8) is 0 Å². The second-order valence-corrected chi connectivity index (χ2v) is 5.29. The fourth-order valence-electron chi connectivity index (χ4n) is 2.68. The number of esters is 1. The van der Waals surface area contributed by atoms with Crippen LogP contribution in [0, 0.1) is 0 Å². The predicted molar refractivity (Wildman–Crippen MR) is 95.7 cm³/mol. The Morgan fingerprint density at radius 2 is 1.65 bits per heavy atom. The van der Waals surface area contributed by atoms with Gasteiger partial charge in [-0.2, -0.15) is 0 Å². The highest BCUT2D eigenvalue weighted by atomic mass is 16.5. The van der Waals surface area contributed by atoms with E-state index in [1.54, 1.807) is 7.11 Å². The Balaban J connectivity index is 3.00. The molecule has 0 radical (unpaired) electrons. The second kappa shape index (κ2) is 9.98. The first-order chi connectivity index (χ1) is 11.1. The molecule has 0 fully saturated rings. The number of nitrogens with zero attached hydrogens (tertiary/aromatic N) is 2. The molecule has 0 spiro atoms. The lowest BCUT2D eigenvalue weighted by atomic mass is 10.2. The molecule has 0 heterocycles. The van der Waals surface area contributed by atoms with Crippen LogP contribution in [0.15, 0.2) is 18.2 Å². The van der Waals surface area contributed by atoms with E-state index in [4.69, 9.17) is 9.47 Å². The number of benzene rings is 1. The van der Waals surface area contributed by atoms with Gasteiger partial charge in [0.25, 0.3) is 0 Å². The molecule has 1 aromatic rings. The molecule has 0 aliphatic rings. The zero-order chi connectivity index (χ0) is 17.2. The van der Waals surface area contributed by atoms with E-state index in [0.717, 1.165) is 44.0 Å². The van der Waals surface area contributed by atoms with E-state index in [9.17, 15) is 4.79 Å². The van der Waals surface area contributed by atoms with Crippen LogP contribution < -0.4 is 14.5 Å². The van der Waals surface area contributed by atoms with E-state index >= 15 is 0 Å². The van der Waals surface area contributed by atoms with Crippen molar-refractivity contribution in [3.05, 3.63) is 18.2 Å². The Morgan fingerprint density at radius 1 is 1.00 bits per heavy atom. The molecule has 0 aromatic heterocycles. The molecular formula is C18H30N2O3. The Morgan fingerprint density at radius 3 is 2.17 bits per heavy atom. The van der Waals surface area contributed by atoms with Crippen LogP contribution in [0.5, 0.6) is 5.75 Å². The highest BCUT2D eigenvalue weighted by molar-refractivity contribution is 5.73.